The molecule has 0 spiro atoms. The molecule has 1 atom stereocenters. The van der Waals surface area contributed by atoms with Crippen molar-refractivity contribution in [2.75, 3.05) is 32.5 Å². The number of carbonyl (C=O) groups is 1. The Bertz CT molecular complexity index is 998. The van der Waals surface area contributed by atoms with Crippen molar-refractivity contribution in [1.29, 1.82) is 0 Å². The van der Waals surface area contributed by atoms with E-state index in [2.05, 4.69) is 20.5 Å². The number of H-pyrrole nitrogens is 1. The van der Waals surface area contributed by atoms with Crippen LogP contribution in [0.2, 0.25) is 5.02 Å². The largest absolute Gasteiger partial charge is 0.495 e. The highest BCUT2D eigenvalue weighted by Gasteiger charge is 2.33. The summed E-state index contributed by atoms with van der Waals surface area (Å²) in [5.41, 5.74) is 0. The molecule has 1 saturated heterocycles. The Morgan fingerprint density at radius 1 is 1.47 bits per heavy atom. The predicted octanol–water partition coefficient (Wildman–Crippen LogP) is 2.08. The second kappa shape index (κ2) is 9.99. The number of halogens is 1. The lowest BCUT2D eigenvalue weighted by atomic mass is 9.99. The monoisotopic (exact) mass is 473 g/mol. The van der Waals surface area contributed by atoms with Crippen molar-refractivity contribution in [2.45, 2.75) is 29.8 Å². The number of sulfonamides is 1. The zero-order valence-corrected chi connectivity index (χ0v) is 19.1. The molecule has 0 saturated carbocycles. The molecule has 12 heteroatoms. The smallest absolute Gasteiger partial charge is 0.243 e. The number of ether oxygens (including phenoxy) is 1. The van der Waals surface area contributed by atoms with Crippen LogP contribution in [0.25, 0.3) is 0 Å². The van der Waals surface area contributed by atoms with Crippen LogP contribution in [-0.2, 0) is 14.8 Å². The summed E-state index contributed by atoms with van der Waals surface area (Å²) in [5, 5.41) is 10.5. The number of benzene rings is 1. The summed E-state index contributed by atoms with van der Waals surface area (Å²) in [7, 11) is -2.28. The Labute approximate surface area is 185 Å². The molecule has 164 valence electrons. The molecule has 2 heterocycles. The van der Waals surface area contributed by atoms with E-state index in [0.29, 0.717) is 42.6 Å². The first-order valence-corrected chi connectivity index (χ1v) is 12.2. The van der Waals surface area contributed by atoms with E-state index in [0.717, 1.165) is 5.82 Å². The lowest BCUT2D eigenvalue weighted by Crippen LogP contribution is -2.45. The first kappa shape index (κ1) is 22.9. The Balaban J connectivity index is 1.55. The van der Waals surface area contributed by atoms with Crippen LogP contribution in [0.5, 0.6) is 5.75 Å². The van der Waals surface area contributed by atoms with Crippen molar-refractivity contribution in [3.05, 3.63) is 29.0 Å². The van der Waals surface area contributed by atoms with Gasteiger partial charge in [0.1, 0.15) is 11.6 Å². The van der Waals surface area contributed by atoms with Crippen molar-refractivity contribution >= 4 is 39.3 Å². The SMILES string of the molecule is COc1ccc(S(=O)(=O)N2CCCC(C(=O)NCCSc3n[nH]c(C)n3)C2)cc1Cl. The van der Waals surface area contributed by atoms with Gasteiger partial charge >= 0.3 is 0 Å². The van der Waals surface area contributed by atoms with Gasteiger partial charge in [-0.15, -0.1) is 5.10 Å². The Kier molecular flexibility index (Phi) is 7.61. The molecule has 1 aliphatic heterocycles. The molecule has 2 aromatic rings. The second-order valence-corrected chi connectivity index (χ2v) is 10.2. The molecule has 30 heavy (non-hydrogen) atoms. The van der Waals surface area contributed by atoms with Crippen LogP contribution in [0.1, 0.15) is 18.7 Å². The maximum Gasteiger partial charge on any atom is 0.243 e. The number of nitrogens with one attached hydrogen (secondary N) is 2. The maximum atomic E-state index is 13.0. The normalized spacial score (nSPS) is 17.6. The molecule has 0 radical (unpaired) electrons. The minimum Gasteiger partial charge on any atom is -0.495 e. The second-order valence-electron chi connectivity index (χ2n) is 6.84. The lowest BCUT2D eigenvalue weighted by Gasteiger charge is -2.31. The molecule has 1 aliphatic rings. The highest BCUT2D eigenvalue weighted by atomic mass is 35.5. The predicted molar refractivity (Wildman–Crippen MR) is 114 cm³/mol. The van der Waals surface area contributed by atoms with Crippen molar-refractivity contribution in [2.24, 2.45) is 5.92 Å². The number of rotatable bonds is 8. The van der Waals surface area contributed by atoms with Gasteiger partial charge in [0.15, 0.2) is 0 Å². The average molecular weight is 474 g/mol. The number of carbonyl (C=O) groups excluding carboxylic acids is 1. The molecule has 1 unspecified atom stereocenters. The Morgan fingerprint density at radius 3 is 2.93 bits per heavy atom. The minimum atomic E-state index is -3.75. The third kappa shape index (κ3) is 5.45. The summed E-state index contributed by atoms with van der Waals surface area (Å²) >= 11 is 7.52. The van der Waals surface area contributed by atoms with Crippen molar-refractivity contribution in [1.82, 2.24) is 24.8 Å². The van der Waals surface area contributed by atoms with E-state index in [1.807, 2.05) is 6.92 Å². The van der Waals surface area contributed by atoms with E-state index in [1.165, 1.54) is 41.4 Å². The number of amides is 1. The summed E-state index contributed by atoms with van der Waals surface area (Å²) in [6.07, 6.45) is 1.26. The molecule has 3 rings (SSSR count). The van der Waals surface area contributed by atoms with Gasteiger partial charge in [-0.2, -0.15) is 4.31 Å². The topological polar surface area (TPSA) is 117 Å². The van der Waals surface area contributed by atoms with Crippen LogP contribution >= 0.6 is 23.4 Å². The van der Waals surface area contributed by atoms with Gasteiger partial charge in [0.05, 0.1) is 22.9 Å². The van der Waals surface area contributed by atoms with E-state index in [1.54, 1.807) is 0 Å². The number of hydrogen-bond donors (Lipinski definition) is 2. The molecule has 0 aliphatic carbocycles. The van der Waals surface area contributed by atoms with Gasteiger partial charge in [0.2, 0.25) is 21.1 Å². The zero-order valence-electron chi connectivity index (χ0n) is 16.7. The quantitative estimate of drug-likeness (QED) is 0.445. The third-order valence-corrected chi connectivity index (χ3v) is 7.73. The van der Waals surface area contributed by atoms with Gasteiger partial charge in [-0.05, 0) is 38.0 Å². The summed E-state index contributed by atoms with van der Waals surface area (Å²) in [6, 6.07) is 4.36. The average Bonchev–Trinajstić information content (AvgIpc) is 3.16. The highest BCUT2D eigenvalue weighted by molar-refractivity contribution is 7.99. The molecular weight excluding hydrogens is 450 g/mol. The van der Waals surface area contributed by atoms with Gasteiger partial charge in [-0.3, -0.25) is 9.89 Å². The number of piperidine rings is 1. The fourth-order valence-electron chi connectivity index (χ4n) is 3.18. The van der Waals surface area contributed by atoms with Crippen LogP contribution < -0.4 is 10.1 Å². The van der Waals surface area contributed by atoms with Crippen LogP contribution in [0.3, 0.4) is 0 Å². The van der Waals surface area contributed by atoms with Gasteiger partial charge < -0.3 is 10.1 Å². The van der Waals surface area contributed by atoms with Crippen molar-refractivity contribution < 1.29 is 17.9 Å². The van der Waals surface area contributed by atoms with Gasteiger partial charge in [0.25, 0.3) is 0 Å². The number of methoxy groups -OCH3 is 1. The molecule has 1 aromatic heterocycles. The van der Waals surface area contributed by atoms with Crippen LogP contribution in [0.15, 0.2) is 28.3 Å². The number of thioether (sulfide) groups is 1. The molecule has 1 amide bonds. The first-order chi connectivity index (χ1) is 14.3. The summed E-state index contributed by atoms with van der Waals surface area (Å²) in [6.45, 7) is 2.79. The number of nitrogens with zero attached hydrogens (tertiary/aromatic N) is 3. The van der Waals surface area contributed by atoms with Crippen molar-refractivity contribution in [3.63, 3.8) is 0 Å². The summed E-state index contributed by atoms with van der Waals surface area (Å²) in [4.78, 5) is 16.8. The molecule has 0 bridgehead atoms. The Morgan fingerprint density at radius 2 is 2.27 bits per heavy atom. The lowest BCUT2D eigenvalue weighted by molar-refractivity contribution is -0.125. The van der Waals surface area contributed by atoms with Crippen molar-refractivity contribution in [3.8, 4) is 5.75 Å². The standard InChI is InChI=1S/C18H24ClN5O4S2/c1-12-21-18(23-22-12)29-9-7-20-17(25)13-4-3-8-24(11-13)30(26,27)14-5-6-16(28-2)15(19)10-14/h5-6,10,13H,3-4,7-9,11H2,1-2H3,(H,20,25)(H,21,22,23). The molecule has 2 N–H and O–H groups in total. The fourth-order valence-corrected chi connectivity index (χ4v) is 5.75. The van der Waals surface area contributed by atoms with Crippen LogP contribution in [0.4, 0.5) is 0 Å². The van der Waals surface area contributed by atoms with Gasteiger partial charge in [-0.1, -0.05) is 23.4 Å². The fraction of sp³-hybridized carbons (Fsp3) is 0.500. The first-order valence-electron chi connectivity index (χ1n) is 9.44. The zero-order chi connectivity index (χ0) is 21.7. The van der Waals surface area contributed by atoms with E-state index >= 15 is 0 Å². The summed E-state index contributed by atoms with van der Waals surface area (Å²) in [5.74, 6) is 1.24. The Hall–Kier alpha value is -1.82. The number of hydrogen-bond acceptors (Lipinski definition) is 7. The molecule has 1 aromatic carbocycles. The van der Waals surface area contributed by atoms with Crippen LogP contribution in [-0.4, -0.2) is 66.3 Å². The molecule has 9 nitrogen and oxygen atoms in total. The van der Waals surface area contributed by atoms with Crippen LogP contribution in [0, 0.1) is 12.8 Å². The minimum absolute atomic E-state index is 0.0903. The van der Waals surface area contributed by atoms with E-state index in [-0.39, 0.29) is 22.4 Å². The highest BCUT2D eigenvalue weighted by Crippen LogP contribution is 2.30. The number of aryl methyl sites for hydroxylation is 1. The molecular formula is C18H24ClN5O4S2. The van der Waals surface area contributed by atoms with Gasteiger partial charge in [0, 0.05) is 25.4 Å². The maximum absolute atomic E-state index is 13.0. The molecule has 1 fully saturated rings. The third-order valence-electron chi connectivity index (χ3n) is 4.73. The van der Waals surface area contributed by atoms with E-state index in [4.69, 9.17) is 16.3 Å². The van der Waals surface area contributed by atoms with Gasteiger partial charge in [-0.25, -0.2) is 13.4 Å². The number of aromatic amines is 1. The number of aromatic nitrogens is 3. The summed E-state index contributed by atoms with van der Waals surface area (Å²) < 4.78 is 32.4. The van der Waals surface area contributed by atoms with E-state index in [9.17, 15) is 13.2 Å². The van der Waals surface area contributed by atoms with E-state index < -0.39 is 15.9 Å².